The smallest absolute Gasteiger partial charge is 0.340 e. The molecule has 1 aliphatic rings. The van der Waals surface area contributed by atoms with E-state index in [0.29, 0.717) is 36.2 Å². The standard InChI is InChI=1S/C22H24N6O3/c1-11(23)10-22(20-26-21(31)28-27-20)16-6-4-14(18(24)29)8-12(16)2-3-13-9-15(19(25)30)5-7-17(13)22/h4-9,11H,2-3,10,23H2,1H3,(H2,24,29)(H2,25,30)(H2,26,27,28,31)/t11-/m1/s1. The van der Waals surface area contributed by atoms with E-state index in [1.54, 1.807) is 24.3 Å². The molecule has 0 saturated heterocycles. The Balaban J connectivity index is 2.10. The first-order chi connectivity index (χ1) is 14.7. The normalized spacial score (nSPS) is 15.4. The summed E-state index contributed by atoms with van der Waals surface area (Å²) in [5, 5.41) is 6.74. The molecule has 8 N–H and O–H groups in total. The van der Waals surface area contributed by atoms with Crippen LogP contribution in [0.4, 0.5) is 0 Å². The fourth-order valence-corrected chi connectivity index (χ4v) is 4.68. The first kappa shape index (κ1) is 20.5. The van der Waals surface area contributed by atoms with Gasteiger partial charge < -0.3 is 17.2 Å². The number of benzene rings is 2. The van der Waals surface area contributed by atoms with Crippen molar-refractivity contribution in [3.05, 3.63) is 86.1 Å². The van der Waals surface area contributed by atoms with Crippen LogP contribution in [0.1, 0.15) is 62.1 Å². The van der Waals surface area contributed by atoms with Gasteiger partial charge in [0.2, 0.25) is 11.8 Å². The highest BCUT2D eigenvalue weighted by Gasteiger charge is 2.44. The predicted octanol–water partition coefficient (Wildman–Crippen LogP) is 0.466. The number of H-pyrrole nitrogens is 2. The van der Waals surface area contributed by atoms with Crippen LogP contribution in [-0.2, 0) is 18.3 Å². The second-order valence-electron chi connectivity index (χ2n) is 8.09. The van der Waals surface area contributed by atoms with Crippen molar-refractivity contribution in [1.82, 2.24) is 15.2 Å². The number of hydrogen-bond donors (Lipinski definition) is 5. The molecule has 2 amide bonds. The Morgan fingerprint density at radius 1 is 1.03 bits per heavy atom. The number of primary amides is 2. The molecule has 1 heterocycles. The van der Waals surface area contributed by atoms with Crippen LogP contribution in [0.3, 0.4) is 0 Å². The zero-order chi connectivity index (χ0) is 22.3. The van der Waals surface area contributed by atoms with Crippen LogP contribution in [0.15, 0.2) is 41.2 Å². The number of fused-ring (bicyclic) bond motifs is 2. The van der Waals surface area contributed by atoms with Gasteiger partial charge in [0.1, 0.15) is 5.82 Å². The Kier molecular flexibility index (Phi) is 4.98. The second kappa shape index (κ2) is 7.51. The second-order valence-corrected chi connectivity index (χ2v) is 8.09. The Morgan fingerprint density at radius 2 is 1.55 bits per heavy atom. The Bertz CT molecular complexity index is 1170. The zero-order valence-electron chi connectivity index (χ0n) is 17.1. The number of carbonyl (C=O) groups excluding carboxylic acids is 2. The summed E-state index contributed by atoms with van der Waals surface area (Å²) in [4.78, 5) is 38.5. The Labute approximate surface area is 178 Å². The molecular formula is C22H24N6O3. The average molecular weight is 420 g/mol. The van der Waals surface area contributed by atoms with Crippen molar-refractivity contribution < 1.29 is 9.59 Å². The molecule has 0 saturated carbocycles. The van der Waals surface area contributed by atoms with E-state index in [9.17, 15) is 14.4 Å². The van der Waals surface area contributed by atoms with Gasteiger partial charge in [0, 0.05) is 17.2 Å². The maximum atomic E-state index is 12.0. The molecule has 0 radical (unpaired) electrons. The summed E-state index contributed by atoms with van der Waals surface area (Å²) >= 11 is 0. The van der Waals surface area contributed by atoms with Crippen molar-refractivity contribution in [1.29, 1.82) is 0 Å². The molecule has 0 unspecified atom stereocenters. The topological polar surface area (TPSA) is 174 Å². The highest BCUT2D eigenvalue weighted by atomic mass is 16.2. The van der Waals surface area contributed by atoms with E-state index in [-0.39, 0.29) is 6.04 Å². The minimum absolute atomic E-state index is 0.259. The van der Waals surface area contributed by atoms with Crippen molar-refractivity contribution in [2.75, 3.05) is 0 Å². The fourth-order valence-electron chi connectivity index (χ4n) is 4.68. The van der Waals surface area contributed by atoms with E-state index in [1.807, 2.05) is 19.1 Å². The third kappa shape index (κ3) is 3.42. The lowest BCUT2D eigenvalue weighted by Gasteiger charge is -2.36. The van der Waals surface area contributed by atoms with Gasteiger partial charge in [0.05, 0.1) is 5.41 Å². The molecule has 1 aromatic heterocycles. The van der Waals surface area contributed by atoms with Gasteiger partial charge in [-0.25, -0.2) is 9.89 Å². The van der Waals surface area contributed by atoms with Gasteiger partial charge in [-0.1, -0.05) is 12.1 Å². The quantitative estimate of drug-likeness (QED) is 0.402. The van der Waals surface area contributed by atoms with E-state index in [1.165, 1.54) is 0 Å². The van der Waals surface area contributed by atoms with E-state index in [4.69, 9.17) is 17.2 Å². The first-order valence-electron chi connectivity index (χ1n) is 9.99. The van der Waals surface area contributed by atoms with E-state index in [2.05, 4.69) is 15.2 Å². The summed E-state index contributed by atoms with van der Waals surface area (Å²) in [7, 11) is 0. The van der Waals surface area contributed by atoms with E-state index in [0.717, 1.165) is 22.3 Å². The molecule has 1 aliphatic carbocycles. The third-order valence-corrected chi connectivity index (χ3v) is 5.90. The summed E-state index contributed by atoms with van der Waals surface area (Å²) in [5.74, 6) is -0.629. The molecule has 4 rings (SSSR count). The molecule has 31 heavy (non-hydrogen) atoms. The lowest BCUT2D eigenvalue weighted by Crippen LogP contribution is -2.38. The maximum absolute atomic E-state index is 12.0. The highest BCUT2D eigenvalue weighted by molar-refractivity contribution is 5.94. The molecule has 160 valence electrons. The predicted molar refractivity (Wildman–Crippen MR) is 115 cm³/mol. The number of aryl methyl sites for hydroxylation is 2. The number of nitrogens with one attached hydrogen (secondary N) is 2. The SMILES string of the molecule is C[C@@H](N)CC1(c2n[nH]c(=O)[nH]2)c2ccc(C(N)=O)cc2CCc2cc(C(N)=O)ccc21. The van der Waals surface area contributed by atoms with Crippen LogP contribution < -0.4 is 22.9 Å². The summed E-state index contributed by atoms with van der Waals surface area (Å²) in [6, 6.07) is 10.3. The van der Waals surface area contributed by atoms with Crippen LogP contribution in [0.2, 0.25) is 0 Å². The number of amides is 2. The number of aromatic amines is 2. The maximum Gasteiger partial charge on any atom is 0.340 e. The van der Waals surface area contributed by atoms with Gasteiger partial charge in [0.15, 0.2) is 0 Å². The van der Waals surface area contributed by atoms with Crippen LogP contribution in [-0.4, -0.2) is 33.0 Å². The minimum Gasteiger partial charge on any atom is -0.366 e. The van der Waals surface area contributed by atoms with Gasteiger partial charge >= 0.3 is 5.69 Å². The largest absolute Gasteiger partial charge is 0.366 e. The number of hydrogen-bond acceptors (Lipinski definition) is 5. The zero-order valence-corrected chi connectivity index (χ0v) is 17.1. The monoisotopic (exact) mass is 420 g/mol. The van der Waals surface area contributed by atoms with E-state index < -0.39 is 22.9 Å². The highest BCUT2D eigenvalue weighted by Crippen LogP contribution is 2.46. The van der Waals surface area contributed by atoms with Gasteiger partial charge in [-0.3, -0.25) is 14.6 Å². The van der Waals surface area contributed by atoms with Gasteiger partial charge in [0.25, 0.3) is 0 Å². The number of carbonyl (C=O) groups is 2. The van der Waals surface area contributed by atoms with Gasteiger partial charge in [-0.2, -0.15) is 5.10 Å². The molecule has 9 nitrogen and oxygen atoms in total. The van der Waals surface area contributed by atoms with Crippen molar-refractivity contribution in [3.8, 4) is 0 Å². The molecule has 1 atom stereocenters. The van der Waals surface area contributed by atoms with Crippen LogP contribution in [0.5, 0.6) is 0 Å². The first-order valence-corrected chi connectivity index (χ1v) is 9.99. The van der Waals surface area contributed by atoms with Crippen molar-refractivity contribution in [2.24, 2.45) is 17.2 Å². The summed E-state index contributed by atoms with van der Waals surface area (Å²) < 4.78 is 0. The summed E-state index contributed by atoms with van der Waals surface area (Å²) in [5.41, 5.74) is 20.3. The number of rotatable bonds is 5. The minimum atomic E-state index is -0.902. The summed E-state index contributed by atoms with van der Waals surface area (Å²) in [6.45, 7) is 1.88. The molecule has 3 aromatic rings. The lowest BCUT2D eigenvalue weighted by atomic mass is 9.68. The van der Waals surface area contributed by atoms with Crippen LogP contribution in [0.25, 0.3) is 0 Å². The van der Waals surface area contributed by atoms with Crippen molar-refractivity contribution >= 4 is 11.8 Å². The fraction of sp³-hybridized carbons (Fsp3) is 0.273. The Hall–Kier alpha value is -3.72. The summed E-state index contributed by atoms with van der Waals surface area (Å²) in [6.07, 6.45) is 1.63. The van der Waals surface area contributed by atoms with Crippen LogP contribution >= 0.6 is 0 Å². The molecular weight excluding hydrogens is 396 g/mol. The average Bonchev–Trinajstić information content (AvgIpc) is 3.11. The molecule has 0 bridgehead atoms. The lowest BCUT2D eigenvalue weighted by molar-refractivity contribution is 0.0991. The van der Waals surface area contributed by atoms with Crippen molar-refractivity contribution in [3.63, 3.8) is 0 Å². The van der Waals surface area contributed by atoms with Crippen molar-refractivity contribution in [2.45, 2.75) is 37.6 Å². The van der Waals surface area contributed by atoms with Gasteiger partial charge in [-0.05, 0) is 72.7 Å². The molecule has 9 heteroatoms. The van der Waals surface area contributed by atoms with E-state index >= 15 is 0 Å². The van der Waals surface area contributed by atoms with Gasteiger partial charge in [-0.15, -0.1) is 0 Å². The van der Waals surface area contributed by atoms with Crippen LogP contribution in [0, 0.1) is 0 Å². The Morgan fingerprint density at radius 3 is 1.94 bits per heavy atom. The number of nitrogens with two attached hydrogens (primary N) is 3. The molecule has 0 fully saturated rings. The molecule has 0 aliphatic heterocycles. The number of aromatic nitrogens is 3. The molecule has 2 aromatic carbocycles. The number of nitrogens with zero attached hydrogens (tertiary/aromatic N) is 1. The third-order valence-electron chi connectivity index (χ3n) is 5.90. The molecule has 0 spiro atoms.